The summed E-state index contributed by atoms with van der Waals surface area (Å²) in [4.78, 5) is 3.96. The van der Waals surface area contributed by atoms with Gasteiger partial charge in [-0.25, -0.2) is 0 Å². The van der Waals surface area contributed by atoms with Crippen molar-refractivity contribution in [1.29, 1.82) is 0 Å². The average Bonchev–Trinajstić information content (AvgIpc) is 2.37. The van der Waals surface area contributed by atoms with Crippen LogP contribution in [0.2, 0.25) is 0 Å². The van der Waals surface area contributed by atoms with Gasteiger partial charge in [-0.15, -0.1) is 0 Å². The molecule has 0 fully saturated rings. The molecule has 0 aromatic carbocycles. The van der Waals surface area contributed by atoms with Gasteiger partial charge in [0.1, 0.15) is 0 Å². The second-order valence-corrected chi connectivity index (χ2v) is 3.25. The van der Waals surface area contributed by atoms with Crippen molar-refractivity contribution in [3.05, 3.63) is 36.1 Å². The monoisotopic (exact) mass is 221 g/mol. The number of hydrogen-bond donors (Lipinski definition) is 0. The fourth-order valence-electron chi connectivity index (χ4n) is 1.33. The maximum Gasteiger partial charge on any atom is 0.0654 e. The largest absolute Gasteiger partial charge is 0.264 e. The fourth-order valence-corrected chi connectivity index (χ4v) is 1.33. The summed E-state index contributed by atoms with van der Waals surface area (Å²) in [6.07, 6.45) is 6.18. The molecular weight excluding hydrogens is 194 g/mol. The van der Waals surface area contributed by atoms with Crippen LogP contribution in [0.1, 0.15) is 41.5 Å². The van der Waals surface area contributed by atoms with Gasteiger partial charge in [-0.3, -0.25) is 4.99 Å². The van der Waals surface area contributed by atoms with Crippen LogP contribution in [0.3, 0.4) is 0 Å². The standard InChI is InChI=1S/C11H15N.2C2H6/c1-5-10-6-8(2)9(3)7-11(10)12-4;2*1-2/h5-9H,1,4H2,2-3H3;2*1-2H3. The van der Waals surface area contributed by atoms with Crippen molar-refractivity contribution in [2.75, 3.05) is 0 Å². The summed E-state index contributed by atoms with van der Waals surface area (Å²) in [5, 5.41) is 0. The molecule has 16 heavy (non-hydrogen) atoms. The highest BCUT2D eigenvalue weighted by Crippen LogP contribution is 2.27. The molecule has 0 spiro atoms. The third-order valence-electron chi connectivity index (χ3n) is 2.38. The molecule has 1 nitrogen and oxygen atoms in total. The number of allylic oxidation sites excluding steroid dienone is 3. The normalized spacial score (nSPS) is 22.4. The Morgan fingerprint density at radius 3 is 1.88 bits per heavy atom. The first-order chi connectivity index (χ1) is 7.69. The third-order valence-corrected chi connectivity index (χ3v) is 2.38. The van der Waals surface area contributed by atoms with Gasteiger partial charge in [-0.2, -0.15) is 0 Å². The smallest absolute Gasteiger partial charge is 0.0654 e. The van der Waals surface area contributed by atoms with E-state index in [9.17, 15) is 0 Å². The number of hydrogen-bond acceptors (Lipinski definition) is 1. The highest BCUT2D eigenvalue weighted by atomic mass is 14.7. The van der Waals surface area contributed by atoms with Crippen molar-refractivity contribution in [2.24, 2.45) is 16.8 Å². The van der Waals surface area contributed by atoms with Gasteiger partial charge in [-0.1, -0.05) is 66.3 Å². The molecule has 0 aromatic rings. The van der Waals surface area contributed by atoms with E-state index in [1.807, 2.05) is 33.8 Å². The molecule has 0 saturated carbocycles. The Morgan fingerprint density at radius 1 is 1.06 bits per heavy atom. The first-order valence-electron chi connectivity index (χ1n) is 6.22. The van der Waals surface area contributed by atoms with Gasteiger partial charge in [0, 0.05) is 0 Å². The predicted molar refractivity (Wildman–Crippen MR) is 76.9 cm³/mol. The van der Waals surface area contributed by atoms with Gasteiger partial charge >= 0.3 is 0 Å². The summed E-state index contributed by atoms with van der Waals surface area (Å²) >= 11 is 0. The molecule has 0 N–H and O–H groups in total. The highest BCUT2D eigenvalue weighted by Gasteiger charge is 2.15. The summed E-state index contributed by atoms with van der Waals surface area (Å²) in [5.74, 6) is 1.12. The van der Waals surface area contributed by atoms with Crippen molar-refractivity contribution >= 4 is 6.72 Å². The average molecular weight is 221 g/mol. The van der Waals surface area contributed by atoms with Crippen LogP contribution in [0.4, 0.5) is 0 Å². The van der Waals surface area contributed by atoms with Gasteiger partial charge in [0.05, 0.1) is 5.70 Å². The zero-order valence-electron chi connectivity index (χ0n) is 11.7. The maximum absolute atomic E-state index is 3.96. The Labute approximate surface area is 102 Å². The molecule has 1 heteroatoms. The lowest BCUT2D eigenvalue weighted by atomic mass is 9.87. The maximum atomic E-state index is 3.96. The van der Waals surface area contributed by atoms with E-state index in [1.54, 1.807) is 0 Å². The van der Waals surface area contributed by atoms with Crippen molar-refractivity contribution in [2.45, 2.75) is 41.5 Å². The Morgan fingerprint density at radius 2 is 1.50 bits per heavy atom. The molecule has 0 heterocycles. The van der Waals surface area contributed by atoms with Gasteiger partial charge < -0.3 is 0 Å². The molecule has 1 rings (SSSR count). The van der Waals surface area contributed by atoms with Crippen LogP contribution in [0.25, 0.3) is 0 Å². The topological polar surface area (TPSA) is 12.4 Å². The molecule has 0 amide bonds. The van der Waals surface area contributed by atoms with Crippen LogP contribution >= 0.6 is 0 Å². The van der Waals surface area contributed by atoms with Crippen LogP contribution in [0, 0.1) is 11.8 Å². The minimum atomic E-state index is 0.550. The first-order valence-corrected chi connectivity index (χ1v) is 6.22. The van der Waals surface area contributed by atoms with E-state index in [0.717, 1.165) is 11.3 Å². The van der Waals surface area contributed by atoms with Crippen LogP contribution in [-0.4, -0.2) is 6.72 Å². The van der Waals surface area contributed by atoms with Crippen molar-refractivity contribution in [3.8, 4) is 0 Å². The van der Waals surface area contributed by atoms with E-state index in [1.165, 1.54) is 0 Å². The molecule has 0 bridgehead atoms. The number of nitrogens with zero attached hydrogens (tertiary/aromatic N) is 1. The Balaban J connectivity index is 0. The lowest BCUT2D eigenvalue weighted by molar-refractivity contribution is 0.545. The van der Waals surface area contributed by atoms with Crippen LogP contribution in [0.15, 0.2) is 41.1 Å². The van der Waals surface area contributed by atoms with Crippen LogP contribution < -0.4 is 0 Å². The fraction of sp³-hybridized carbons (Fsp3) is 0.533. The van der Waals surface area contributed by atoms with Crippen LogP contribution in [-0.2, 0) is 0 Å². The minimum absolute atomic E-state index is 0.550. The molecule has 0 aliphatic heterocycles. The van der Waals surface area contributed by atoms with E-state index in [0.29, 0.717) is 11.8 Å². The molecule has 0 aromatic heterocycles. The summed E-state index contributed by atoms with van der Waals surface area (Å²) < 4.78 is 0. The van der Waals surface area contributed by atoms with Gasteiger partial charge in [-0.05, 0) is 24.1 Å². The second kappa shape index (κ2) is 10.4. The highest BCUT2D eigenvalue weighted by molar-refractivity contribution is 5.46. The Kier molecular flexibility index (Phi) is 11.2. The molecule has 1 aliphatic rings. The van der Waals surface area contributed by atoms with Crippen molar-refractivity contribution in [1.82, 2.24) is 0 Å². The molecule has 0 saturated heterocycles. The molecule has 2 atom stereocenters. The minimum Gasteiger partial charge on any atom is -0.264 e. The van der Waals surface area contributed by atoms with E-state index in [4.69, 9.17) is 0 Å². The Hall–Kier alpha value is -1.11. The molecule has 0 radical (unpaired) electrons. The van der Waals surface area contributed by atoms with Gasteiger partial charge in [0.2, 0.25) is 0 Å². The molecule has 2 unspecified atom stereocenters. The predicted octanol–water partition coefficient (Wildman–Crippen LogP) is 5.02. The summed E-state index contributed by atoms with van der Waals surface area (Å²) in [7, 11) is 0. The molecular formula is C15H27N. The lowest BCUT2D eigenvalue weighted by Crippen LogP contribution is -2.08. The van der Waals surface area contributed by atoms with Gasteiger partial charge in [0.25, 0.3) is 0 Å². The van der Waals surface area contributed by atoms with Crippen molar-refractivity contribution in [3.63, 3.8) is 0 Å². The van der Waals surface area contributed by atoms with Gasteiger partial charge in [0.15, 0.2) is 0 Å². The van der Waals surface area contributed by atoms with E-state index in [-0.39, 0.29) is 0 Å². The second-order valence-electron chi connectivity index (χ2n) is 3.25. The zero-order valence-corrected chi connectivity index (χ0v) is 11.7. The number of rotatable bonds is 2. The van der Waals surface area contributed by atoms with Crippen LogP contribution in [0.5, 0.6) is 0 Å². The van der Waals surface area contributed by atoms with E-state index >= 15 is 0 Å². The molecule has 92 valence electrons. The first kappa shape index (κ1) is 17.3. The Bertz CT molecular complexity index is 231. The third kappa shape index (κ3) is 5.11. The quantitative estimate of drug-likeness (QED) is 0.580. The summed E-state index contributed by atoms with van der Waals surface area (Å²) in [6, 6.07) is 0. The summed E-state index contributed by atoms with van der Waals surface area (Å²) in [5.41, 5.74) is 2.08. The lowest BCUT2D eigenvalue weighted by Gasteiger charge is -2.20. The van der Waals surface area contributed by atoms with E-state index in [2.05, 4.69) is 44.3 Å². The summed E-state index contributed by atoms with van der Waals surface area (Å²) in [6.45, 7) is 19.7. The number of aliphatic imine (C=N–C) groups is 1. The zero-order chi connectivity index (χ0) is 13.1. The SMILES string of the molecule is C=CC1=CC(C)C(C)C=C1N=C.CC.CC. The van der Waals surface area contributed by atoms with E-state index < -0.39 is 0 Å². The van der Waals surface area contributed by atoms with Crippen molar-refractivity contribution < 1.29 is 0 Å². The molecule has 1 aliphatic carbocycles.